The summed E-state index contributed by atoms with van der Waals surface area (Å²) >= 11 is 0. The zero-order chi connectivity index (χ0) is 7.40. The van der Waals surface area contributed by atoms with Crippen LogP contribution in [0.3, 0.4) is 0 Å². The first kappa shape index (κ1) is 6.81. The van der Waals surface area contributed by atoms with E-state index in [0.29, 0.717) is 6.54 Å². The van der Waals surface area contributed by atoms with E-state index in [4.69, 9.17) is 5.11 Å². The lowest BCUT2D eigenvalue weighted by Gasteiger charge is -1.94. The lowest BCUT2D eigenvalue weighted by Crippen LogP contribution is -1.77. The highest BCUT2D eigenvalue weighted by molar-refractivity contribution is 5.28. The summed E-state index contributed by atoms with van der Waals surface area (Å²) in [5.74, 6) is 0.285. The van der Waals surface area contributed by atoms with Crippen molar-refractivity contribution in [3.05, 3.63) is 29.8 Å². The second kappa shape index (κ2) is 3.01. The predicted octanol–water partition coefficient (Wildman–Crippen LogP) is 1.59. The van der Waals surface area contributed by atoms with Gasteiger partial charge in [-0.1, -0.05) is 12.1 Å². The van der Waals surface area contributed by atoms with Crippen molar-refractivity contribution in [3.8, 4) is 5.75 Å². The molecule has 0 fully saturated rings. The van der Waals surface area contributed by atoms with Crippen molar-refractivity contribution in [2.24, 2.45) is 4.99 Å². The van der Waals surface area contributed by atoms with Crippen LogP contribution in [-0.4, -0.2) is 11.8 Å². The van der Waals surface area contributed by atoms with E-state index in [1.807, 2.05) is 12.1 Å². The van der Waals surface area contributed by atoms with Crippen LogP contribution in [0.5, 0.6) is 5.75 Å². The average molecular weight is 135 g/mol. The summed E-state index contributed by atoms with van der Waals surface area (Å²) in [7, 11) is 0. The number of nitrogens with zero attached hydrogens (tertiary/aromatic N) is 1. The lowest BCUT2D eigenvalue weighted by molar-refractivity contribution is 0.475. The van der Waals surface area contributed by atoms with Gasteiger partial charge in [0.25, 0.3) is 0 Å². The smallest absolute Gasteiger partial charge is 0.115 e. The third kappa shape index (κ3) is 1.58. The van der Waals surface area contributed by atoms with Crippen molar-refractivity contribution >= 4 is 6.72 Å². The minimum Gasteiger partial charge on any atom is -0.508 e. The SMILES string of the molecule is C=NCc1ccc(O)cc1. The Morgan fingerprint density at radius 3 is 2.40 bits per heavy atom. The molecule has 1 N–H and O–H groups in total. The van der Waals surface area contributed by atoms with Crippen LogP contribution in [0.1, 0.15) is 5.56 Å². The van der Waals surface area contributed by atoms with Gasteiger partial charge < -0.3 is 5.11 Å². The maximum atomic E-state index is 8.88. The third-order valence-electron chi connectivity index (χ3n) is 1.23. The summed E-state index contributed by atoms with van der Waals surface area (Å²) in [6.07, 6.45) is 0. The molecule has 0 amide bonds. The summed E-state index contributed by atoms with van der Waals surface area (Å²) in [5.41, 5.74) is 1.06. The van der Waals surface area contributed by atoms with Crippen LogP contribution >= 0.6 is 0 Å². The lowest BCUT2D eigenvalue weighted by atomic mass is 10.2. The van der Waals surface area contributed by atoms with Crippen LogP contribution in [0.25, 0.3) is 0 Å². The van der Waals surface area contributed by atoms with Gasteiger partial charge in [-0.3, -0.25) is 4.99 Å². The first-order valence-electron chi connectivity index (χ1n) is 3.03. The third-order valence-corrected chi connectivity index (χ3v) is 1.23. The fourth-order valence-electron chi connectivity index (χ4n) is 0.730. The maximum Gasteiger partial charge on any atom is 0.115 e. The molecular formula is C8H9NO. The monoisotopic (exact) mass is 135 g/mol. The van der Waals surface area contributed by atoms with Crippen molar-refractivity contribution in [2.75, 3.05) is 0 Å². The molecule has 0 aliphatic carbocycles. The standard InChI is InChI=1S/C8H9NO/c1-9-6-7-2-4-8(10)5-3-7/h2-5,10H,1,6H2. The van der Waals surface area contributed by atoms with Crippen LogP contribution in [0.4, 0.5) is 0 Å². The summed E-state index contributed by atoms with van der Waals surface area (Å²) in [6.45, 7) is 3.98. The molecule has 0 aromatic heterocycles. The molecule has 0 saturated carbocycles. The number of hydrogen-bond donors (Lipinski definition) is 1. The van der Waals surface area contributed by atoms with E-state index < -0.39 is 0 Å². The maximum absolute atomic E-state index is 8.88. The van der Waals surface area contributed by atoms with Gasteiger partial charge in [-0.2, -0.15) is 0 Å². The zero-order valence-electron chi connectivity index (χ0n) is 5.62. The number of aromatic hydroxyl groups is 1. The van der Waals surface area contributed by atoms with Crippen molar-refractivity contribution in [1.29, 1.82) is 0 Å². The van der Waals surface area contributed by atoms with E-state index in [0.717, 1.165) is 5.56 Å². The van der Waals surface area contributed by atoms with Crippen LogP contribution in [-0.2, 0) is 6.54 Å². The molecule has 1 aromatic rings. The van der Waals surface area contributed by atoms with E-state index in [-0.39, 0.29) is 5.75 Å². The van der Waals surface area contributed by atoms with Gasteiger partial charge in [0.2, 0.25) is 0 Å². The first-order chi connectivity index (χ1) is 4.83. The largest absolute Gasteiger partial charge is 0.508 e. The van der Waals surface area contributed by atoms with E-state index >= 15 is 0 Å². The fourth-order valence-corrected chi connectivity index (χ4v) is 0.730. The number of benzene rings is 1. The Balaban J connectivity index is 2.78. The Morgan fingerprint density at radius 2 is 1.90 bits per heavy atom. The molecule has 0 radical (unpaired) electrons. The molecule has 0 atom stereocenters. The Bertz CT molecular complexity index is 215. The van der Waals surface area contributed by atoms with Crippen LogP contribution in [0, 0.1) is 0 Å². The topological polar surface area (TPSA) is 32.6 Å². The van der Waals surface area contributed by atoms with E-state index in [1.54, 1.807) is 12.1 Å². The van der Waals surface area contributed by atoms with E-state index in [1.165, 1.54) is 0 Å². The molecular weight excluding hydrogens is 126 g/mol. The minimum absolute atomic E-state index is 0.285. The Labute approximate surface area is 59.9 Å². The molecule has 0 aliphatic rings. The molecule has 52 valence electrons. The van der Waals surface area contributed by atoms with Gasteiger partial charge in [-0.15, -0.1) is 0 Å². The van der Waals surface area contributed by atoms with Gasteiger partial charge in [0.1, 0.15) is 5.75 Å². The highest BCUT2D eigenvalue weighted by Crippen LogP contribution is 2.09. The molecule has 0 bridgehead atoms. The van der Waals surface area contributed by atoms with Gasteiger partial charge in [-0.25, -0.2) is 0 Å². The fraction of sp³-hybridized carbons (Fsp3) is 0.125. The molecule has 2 heteroatoms. The molecule has 0 spiro atoms. The van der Waals surface area contributed by atoms with Gasteiger partial charge in [0, 0.05) is 0 Å². The normalized spacial score (nSPS) is 9.20. The second-order valence-corrected chi connectivity index (χ2v) is 2.05. The minimum atomic E-state index is 0.285. The van der Waals surface area contributed by atoms with Gasteiger partial charge >= 0.3 is 0 Å². The highest BCUT2D eigenvalue weighted by Gasteiger charge is 1.88. The molecule has 1 rings (SSSR count). The van der Waals surface area contributed by atoms with E-state index in [9.17, 15) is 0 Å². The summed E-state index contributed by atoms with van der Waals surface area (Å²) < 4.78 is 0. The molecule has 0 unspecified atom stereocenters. The molecule has 2 nitrogen and oxygen atoms in total. The molecule has 1 aromatic carbocycles. The number of aliphatic imine (C=N–C) groups is 1. The van der Waals surface area contributed by atoms with Crippen molar-refractivity contribution in [2.45, 2.75) is 6.54 Å². The summed E-state index contributed by atoms with van der Waals surface area (Å²) in [6, 6.07) is 6.93. The van der Waals surface area contributed by atoms with Crippen molar-refractivity contribution < 1.29 is 5.11 Å². The molecule has 0 saturated heterocycles. The first-order valence-corrected chi connectivity index (χ1v) is 3.03. The van der Waals surface area contributed by atoms with Crippen LogP contribution in [0.2, 0.25) is 0 Å². The number of phenolic OH excluding ortho intramolecular Hbond substituents is 1. The Kier molecular flexibility index (Phi) is 2.05. The average Bonchev–Trinajstić information content (AvgIpc) is 1.95. The van der Waals surface area contributed by atoms with E-state index in [2.05, 4.69) is 11.7 Å². The quantitative estimate of drug-likeness (QED) is 0.614. The van der Waals surface area contributed by atoms with Crippen LogP contribution < -0.4 is 0 Å². The predicted molar refractivity (Wildman–Crippen MR) is 41.4 cm³/mol. The van der Waals surface area contributed by atoms with Gasteiger partial charge in [-0.05, 0) is 24.4 Å². The molecule has 0 heterocycles. The Morgan fingerprint density at radius 1 is 1.30 bits per heavy atom. The van der Waals surface area contributed by atoms with Crippen molar-refractivity contribution in [1.82, 2.24) is 0 Å². The number of phenols is 1. The van der Waals surface area contributed by atoms with Crippen molar-refractivity contribution in [3.63, 3.8) is 0 Å². The van der Waals surface area contributed by atoms with Crippen LogP contribution in [0.15, 0.2) is 29.3 Å². The number of rotatable bonds is 2. The Hall–Kier alpha value is -1.31. The zero-order valence-corrected chi connectivity index (χ0v) is 5.62. The molecule has 10 heavy (non-hydrogen) atoms. The van der Waals surface area contributed by atoms with Gasteiger partial charge in [0.05, 0.1) is 6.54 Å². The summed E-state index contributed by atoms with van der Waals surface area (Å²) in [4.78, 5) is 3.70. The van der Waals surface area contributed by atoms with Gasteiger partial charge in [0.15, 0.2) is 0 Å². The highest BCUT2D eigenvalue weighted by atomic mass is 16.3. The molecule has 0 aliphatic heterocycles. The second-order valence-electron chi connectivity index (χ2n) is 2.05. The number of hydrogen-bond acceptors (Lipinski definition) is 2. The summed E-state index contributed by atoms with van der Waals surface area (Å²) in [5, 5.41) is 8.88.